The summed E-state index contributed by atoms with van der Waals surface area (Å²) in [5, 5.41) is 6.53. The van der Waals surface area contributed by atoms with Gasteiger partial charge in [0.05, 0.1) is 6.54 Å². The number of guanidine groups is 1. The highest BCUT2D eigenvalue weighted by Crippen LogP contribution is 2.16. The van der Waals surface area contributed by atoms with Gasteiger partial charge in [-0.1, -0.05) is 12.1 Å². The summed E-state index contributed by atoms with van der Waals surface area (Å²) in [5.74, 6) is 0.616. The van der Waals surface area contributed by atoms with Crippen LogP contribution >= 0.6 is 24.0 Å². The third-order valence-electron chi connectivity index (χ3n) is 3.84. The Bertz CT molecular complexity index is 727. The molecule has 2 rings (SSSR count). The van der Waals surface area contributed by atoms with Gasteiger partial charge in [-0.3, -0.25) is 4.98 Å². The van der Waals surface area contributed by atoms with Gasteiger partial charge in [-0.2, -0.15) is 0 Å². The van der Waals surface area contributed by atoms with E-state index in [1.807, 2.05) is 32.3 Å². The molecule has 0 spiro atoms. The summed E-state index contributed by atoms with van der Waals surface area (Å²) in [6, 6.07) is 8.43. The van der Waals surface area contributed by atoms with Crippen LogP contribution in [-0.4, -0.2) is 36.7 Å². The van der Waals surface area contributed by atoms with Crippen LogP contribution in [0.15, 0.2) is 47.7 Å². The topological polar surface area (TPSA) is 58.5 Å². The second-order valence-electron chi connectivity index (χ2n) is 6.06. The van der Waals surface area contributed by atoms with Crippen LogP contribution in [0.2, 0.25) is 0 Å². The van der Waals surface area contributed by atoms with Crippen molar-refractivity contribution in [1.82, 2.24) is 15.6 Å². The second kappa shape index (κ2) is 12.5. The molecule has 0 saturated heterocycles. The van der Waals surface area contributed by atoms with Crippen molar-refractivity contribution in [3.05, 3.63) is 59.7 Å². The van der Waals surface area contributed by atoms with Crippen LogP contribution in [0, 0.1) is 12.7 Å². The van der Waals surface area contributed by atoms with Crippen molar-refractivity contribution < 1.29 is 9.13 Å². The number of aromatic nitrogens is 1. The molecule has 148 valence electrons. The number of halogens is 2. The van der Waals surface area contributed by atoms with Crippen molar-refractivity contribution in [2.75, 3.05) is 19.6 Å². The Kier molecular flexibility index (Phi) is 10.7. The van der Waals surface area contributed by atoms with E-state index in [0.717, 1.165) is 25.5 Å². The molecule has 1 unspecified atom stereocenters. The van der Waals surface area contributed by atoms with Crippen LogP contribution in [0.5, 0.6) is 5.75 Å². The first-order valence-electron chi connectivity index (χ1n) is 8.93. The van der Waals surface area contributed by atoms with Crippen LogP contribution in [0.1, 0.15) is 25.0 Å². The largest absolute Gasteiger partial charge is 0.486 e. The number of hydrogen-bond donors (Lipinski definition) is 2. The van der Waals surface area contributed by atoms with Gasteiger partial charge in [0.15, 0.2) is 17.5 Å². The van der Waals surface area contributed by atoms with E-state index in [0.29, 0.717) is 6.54 Å². The van der Waals surface area contributed by atoms with Gasteiger partial charge in [0.25, 0.3) is 0 Å². The number of aryl methyl sites for hydroxylation is 1. The summed E-state index contributed by atoms with van der Waals surface area (Å²) < 4.78 is 19.3. The molecule has 0 aliphatic rings. The van der Waals surface area contributed by atoms with E-state index in [9.17, 15) is 4.39 Å². The molecule has 0 aliphatic heterocycles. The third-order valence-corrected chi connectivity index (χ3v) is 3.84. The molecule has 0 bridgehead atoms. The highest BCUT2D eigenvalue weighted by molar-refractivity contribution is 14.0. The molecule has 2 N–H and O–H groups in total. The first-order chi connectivity index (χ1) is 12.6. The van der Waals surface area contributed by atoms with Gasteiger partial charge in [0.1, 0.15) is 6.10 Å². The van der Waals surface area contributed by atoms with Crippen molar-refractivity contribution in [2.45, 2.75) is 33.3 Å². The Morgan fingerprint density at radius 2 is 2.04 bits per heavy atom. The van der Waals surface area contributed by atoms with Crippen molar-refractivity contribution in [1.29, 1.82) is 0 Å². The maximum absolute atomic E-state index is 13.6. The van der Waals surface area contributed by atoms with Gasteiger partial charge in [-0.25, -0.2) is 9.38 Å². The maximum atomic E-state index is 13.6. The third kappa shape index (κ3) is 8.11. The van der Waals surface area contributed by atoms with Gasteiger partial charge < -0.3 is 15.4 Å². The number of benzene rings is 1. The number of nitrogens with zero attached hydrogens (tertiary/aromatic N) is 2. The van der Waals surface area contributed by atoms with Gasteiger partial charge in [-0.15, -0.1) is 24.0 Å². The number of nitrogens with one attached hydrogen (secondary N) is 2. The smallest absolute Gasteiger partial charge is 0.191 e. The Labute approximate surface area is 177 Å². The lowest BCUT2D eigenvalue weighted by Gasteiger charge is -2.15. The van der Waals surface area contributed by atoms with Crippen molar-refractivity contribution in [3.8, 4) is 5.75 Å². The van der Waals surface area contributed by atoms with E-state index in [1.54, 1.807) is 18.2 Å². The lowest BCUT2D eigenvalue weighted by Crippen LogP contribution is -2.39. The molecular weight excluding hydrogens is 458 g/mol. The zero-order valence-corrected chi connectivity index (χ0v) is 18.4. The Balaban J connectivity index is 0.00000364. The predicted molar refractivity (Wildman–Crippen MR) is 119 cm³/mol. The fraction of sp³-hybridized carbons (Fsp3) is 0.400. The van der Waals surface area contributed by atoms with Crippen molar-refractivity contribution in [3.63, 3.8) is 0 Å². The van der Waals surface area contributed by atoms with Crippen LogP contribution < -0.4 is 15.4 Å². The minimum atomic E-state index is -0.360. The molecule has 0 radical (unpaired) electrons. The highest BCUT2D eigenvalue weighted by Gasteiger charge is 2.08. The Morgan fingerprint density at radius 1 is 1.26 bits per heavy atom. The van der Waals surface area contributed by atoms with E-state index < -0.39 is 0 Å². The normalized spacial score (nSPS) is 12.1. The Morgan fingerprint density at radius 3 is 2.74 bits per heavy atom. The van der Waals surface area contributed by atoms with Crippen LogP contribution in [0.4, 0.5) is 4.39 Å². The first kappa shape index (κ1) is 23.1. The van der Waals surface area contributed by atoms with Crippen LogP contribution in [0.25, 0.3) is 0 Å². The molecule has 1 aromatic heterocycles. The molecule has 27 heavy (non-hydrogen) atoms. The van der Waals surface area contributed by atoms with E-state index >= 15 is 0 Å². The predicted octanol–water partition coefficient (Wildman–Crippen LogP) is 3.71. The lowest BCUT2D eigenvalue weighted by molar-refractivity contribution is 0.220. The van der Waals surface area contributed by atoms with Crippen molar-refractivity contribution >= 4 is 29.9 Å². The highest BCUT2D eigenvalue weighted by atomic mass is 127. The first-order valence-corrected chi connectivity index (χ1v) is 8.93. The summed E-state index contributed by atoms with van der Waals surface area (Å²) in [5.41, 5.74) is 2.45. The molecule has 1 heterocycles. The monoisotopic (exact) mass is 486 g/mol. The number of pyridine rings is 1. The molecular formula is C20H28FIN4O. The summed E-state index contributed by atoms with van der Waals surface area (Å²) >= 11 is 0. The number of hydrogen-bond acceptors (Lipinski definition) is 3. The standard InChI is InChI=1S/C20H27FN4O.HI/c1-4-23-20(24-12-10-17-9-11-22-13-15(17)2)25-14-16(3)26-19-8-6-5-7-18(19)21;/h5-9,11,13,16H,4,10,12,14H2,1-3H3,(H2,23,24,25);1H. The van der Waals surface area contributed by atoms with E-state index in [2.05, 4.69) is 27.5 Å². The summed E-state index contributed by atoms with van der Waals surface area (Å²) in [4.78, 5) is 8.64. The fourth-order valence-electron chi connectivity index (χ4n) is 2.45. The maximum Gasteiger partial charge on any atom is 0.191 e. The molecule has 0 amide bonds. The van der Waals surface area contributed by atoms with Gasteiger partial charge >= 0.3 is 0 Å². The molecule has 1 atom stereocenters. The molecule has 1 aromatic carbocycles. The molecule has 0 saturated carbocycles. The Hall–Kier alpha value is -1.90. The number of para-hydroxylation sites is 1. The van der Waals surface area contributed by atoms with E-state index in [1.165, 1.54) is 17.2 Å². The molecule has 5 nitrogen and oxygen atoms in total. The average Bonchev–Trinajstić information content (AvgIpc) is 2.63. The van der Waals surface area contributed by atoms with Crippen molar-refractivity contribution in [2.24, 2.45) is 4.99 Å². The fourth-order valence-corrected chi connectivity index (χ4v) is 2.45. The zero-order chi connectivity index (χ0) is 18.8. The molecule has 0 aliphatic carbocycles. The number of ether oxygens (including phenoxy) is 1. The van der Waals surface area contributed by atoms with Crippen LogP contribution in [-0.2, 0) is 6.42 Å². The minimum Gasteiger partial charge on any atom is -0.486 e. The summed E-state index contributed by atoms with van der Waals surface area (Å²) in [6.45, 7) is 7.91. The second-order valence-corrected chi connectivity index (χ2v) is 6.06. The quantitative estimate of drug-likeness (QED) is 0.340. The molecule has 0 fully saturated rings. The lowest BCUT2D eigenvalue weighted by atomic mass is 10.1. The SMILES string of the molecule is CCNC(=NCC(C)Oc1ccccc1F)NCCc1ccncc1C.I. The van der Waals surface area contributed by atoms with Gasteiger partial charge in [0, 0.05) is 25.5 Å². The minimum absolute atomic E-state index is 0. The van der Waals surface area contributed by atoms with Crippen LogP contribution in [0.3, 0.4) is 0 Å². The summed E-state index contributed by atoms with van der Waals surface area (Å²) in [7, 11) is 0. The average molecular weight is 486 g/mol. The molecule has 7 heteroatoms. The van der Waals surface area contributed by atoms with Gasteiger partial charge in [0.2, 0.25) is 0 Å². The van der Waals surface area contributed by atoms with E-state index in [-0.39, 0.29) is 41.6 Å². The number of rotatable bonds is 8. The number of aliphatic imine (C=N–C) groups is 1. The van der Waals surface area contributed by atoms with E-state index in [4.69, 9.17) is 4.74 Å². The molecule has 2 aromatic rings. The van der Waals surface area contributed by atoms with Gasteiger partial charge in [-0.05, 0) is 56.5 Å². The zero-order valence-electron chi connectivity index (χ0n) is 16.0. The summed E-state index contributed by atoms with van der Waals surface area (Å²) in [6.07, 6.45) is 4.34.